The van der Waals surface area contributed by atoms with Crippen molar-refractivity contribution in [3.63, 3.8) is 0 Å². The number of halogens is 3. The summed E-state index contributed by atoms with van der Waals surface area (Å²) in [6.45, 7) is 1.11. The molecule has 0 radical (unpaired) electrons. The van der Waals surface area contributed by atoms with Crippen molar-refractivity contribution in [3.05, 3.63) is 51.9 Å². The summed E-state index contributed by atoms with van der Waals surface area (Å²) < 4.78 is 41.3. The predicted molar refractivity (Wildman–Crippen MR) is 141 cm³/mol. The average Bonchev–Trinajstić information content (AvgIpc) is 2.89. The van der Waals surface area contributed by atoms with E-state index < -0.39 is 12.1 Å². The van der Waals surface area contributed by atoms with Gasteiger partial charge in [0.05, 0.1) is 29.4 Å². The highest BCUT2D eigenvalue weighted by Gasteiger charge is 2.42. The van der Waals surface area contributed by atoms with Crippen LogP contribution in [0.1, 0.15) is 62.6 Å². The first-order chi connectivity index (χ1) is 18.2. The maximum absolute atomic E-state index is 13.7. The lowest BCUT2D eigenvalue weighted by Crippen LogP contribution is -2.44. The van der Waals surface area contributed by atoms with Crippen LogP contribution in [0.5, 0.6) is 0 Å². The summed E-state index contributed by atoms with van der Waals surface area (Å²) in [5, 5.41) is 1.19. The fourth-order valence-corrected chi connectivity index (χ4v) is 6.99. The summed E-state index contributed by atoms with van der Waals surface area (Å²) in [5.41, 5.74) is 1.97. The summed E-state index contributed by atoms with van der Waals surface area (Å²) in [5.74, 6) is -1.34. The van der Waals surface area contributed by atoms with Crippen LogP contribution in [-0.2, 0) is 17.8 Å². The third-order valence-electron chi connectivity index (χ3n) is 8.30. The first-order valence-corrected chi connectivity index (χ1v) is 14.5. The molecule has 0 N–H and O–H groups in total. The van der Waals surface area contributed by atoms with Gasteiger partial charge in [0.1, 0.15) is 0 Å². The van der Waals surface area contributed by atoms with Gasteiger partial charge < -0.3 is 9.80 Å². The van der Waals surface area contributed by atoms with Crippen LogP contribution >= 0.6 is 11.8 Å². The van der Waals surface area contributed by atoms with E-state index in [0.29, 0.717) is 36.7 Å². The number of amides is 1. The molecule has 2 fully saturated rings. The first kappa shape index (κ1) is 27.2. The fraction of sp³-hybridized carbons (Fsp3) is 0.607. The van der Waals surface area contributed by atoms with Gasteiger partial charge >= 0.3 is 6.18 Å². The van der Waals surface area contributed by atoms with E-state index in [0.717, 1.165) is 35.8 Å². The molecule has 2 aromatic rings. The van der Waals surface area contributed by atoms with E-state index in [4.69, 9.17) is 4.98 Å². The van der Waals surface area contributed by atoms with Crippen molar-refractivity contribution in [2.24, 2.45) is 5.92 Å². The molecular weight excluding hydrogens is 513 g/mol. The third kappa shape index (κ3) is 5.96. The van der Waals surface area contributed by atoms with Crippen molar-refractivity contribution < 1.29 is 18.0 Å². The number of aromatic nitrogens is 2. The van der Waals surface area contributed by atoms with Crippen LogP contribution in [0.4, 0.5) is 13.2 Å². The van der Waals surface area contributed by atoms with Gasteiger partial charge in [-0.1, -0.05) is 42.8 Å². The molecular formula is C28H35F3N4O2S. The van der Waals surface area contributed by atoms with Gasteiger partial charge in [-0.3, -0.25) is 14.2 Å². The molecule has 3 aliphatic rings. The molecule has 1 aromatic carbocycles. The Hall–Kier alpha value is -2.33. The highest BCUT2D eigenvalue weighted by atomic mass is 32.2. The van der Waals surface area contributed by atoms with E-state index in [1.54, 1.807) is 21.2 Å². The molecule has 6 nitrogen and oxygen atoms in total. The zero-order valence-electron chi connectivity index (χ0n) is 21.8. The maximum Gasteiger partial charge on any atom is 0.391 e. The van der Waals surface area contributed by atoms with E-state index >= 15 is 0 Å². The second-order valence-corrected chi connectivity index (χ2v) is 12.1. The molecule has 10 heteroatoms. The van der Waals surface area contributed by atoms with E-state index in [2.05, 4.69) is 0 Å². The second-order valence-electron chi connectivity index (χ2n) is 10.8. The molecule has 2 atom stereocenters. The number of carbonyl (C=O) groups is 1. The van der Waals surface area contributed by atoms with Gasteiger partial charge in [-0.05, 0) is 51.3 Å². The molecule has 5 rings (SSSR count). The molecule has 1 aromatic heterocycles. The molecule has 0 saturated heterocycles. The van der Waals surface area contributed by atoms with Crippen LogP contribution in [-0.4, -0.2) is 62.9 Å². The topological polar surface area (TPSA) is 58.4 Å². The minimum absolute atomic E-state index is 0.0794. The van der Waals surface area contributed by atoms with Crippen molar-refractivity contribution >= 4 is 17.7 Å². The maximum atomic E-state index is 13.7. The Balaban J connectivity index is 1.27. The van der Waals surface area contributed by atoms with Gasteiger partial charge in [0.25, 0.3) is 5.56 Å². The summed E-state index contributed by atoms with van der Waals surface area (Å²) >= 11 is 1.67. The number of benzene rings is 1. The Morgan fingerprint density at radius 2 is 1.87 bits per heavy atom. The Morgan fingerprint density at radius 3 is 2.55 bits per heavy atom. The highest BCUT2D eigenvalue weighted by Crippen LogP contribution is 2.39. The average molecular weight is 549 g/mol. The van der Waals surface area contributed by atoms with Gasteiger partial charge in [0, 0.05) is 37.2 Å². The molecule has 1 aliphatic heterocycles. The standard InChI is InChI=1S/C28H35F3N4O2S/c1-33(21-10-5-7-19(17-21)28(29,30)31)15-14-25(36)34-16-13-24-23(18-34)26(37)35(20-8-3-2-4-9-20)27(32-24)38-22-11-6-12-22/h2-4,8-9,19,21-22H,5-7,10-18H2,1H3. The van der Waals surface area contributed by atoms with Crippen molar-refractivity contribution in [2.75, 3.05) is 20.1 Å². The third-order valence-corrected chi connectivity index (χ3v) is 9.59. The SMILES string of the molecule is CN(CCC(=O)N1CCc2nc(SC3CCC3)n(-c3ccccc3)c(=O)c2C1)C1CCCC(C(F)(F)F)C1. The minimum atomic E-state index is -4.16. The minimum Gasteiger partial charge on any atom is -0.338 e. The Kier molecular flexibility index (Phi) is 8.19. The number of nitrogens with zero attached hydrogens (tertiary/aromatic N) is 4. The van der Waals surface area contributed by atoms with Crippen molar-refractivity contribution in [3.8, 4) is 5.69 Å². The lowest BCUT2D eigenvalue weighted by Gasteiger charge is -2.36. The lowest BCUT2D eigenvalue weighted by atomic mass is 9.84. The van der Waals surface area contributed by atoms with Gasteiger partial charge in [-0.2, -0.15) is 13.2 Å². The molecule has 2 heterocycles. The summed E-state index contributed by atoms with van der Waals surface area (Å²) in [7, 11) is 1.81. The Labute approximate surface area is 225 Å². The quantitative estimate of drug-likeness (QED) is 0.445. The largest absolute Gasteiger partial charge is 0.391 e. The van der Waals surface area contributed by atoms with E-state index in [1.807, 2.05) is 42.3 Å². The zero-order chi connectivity index (χ0) is 26.9. The number of alkyl halides is 3. The zero-order valence-corrected chi connectivity index (χ0v) is 22.6. The number of hydrogen-bond acceptors (Lipinski definition) is 5. The molecule has 38 heavy (non-hydrogen) atoms. The number of hydrogen-bond donors (Lipinski definition) is 0. The summed E-state index contributed by atoms with van der Waals surface area (Å²) in [6.07, 6.45) is 1.60. The molecule has 0 spiro atoms. The van der Waals surface area contributed by atoms with E-state index in [9.17, 15) is 22.8 Å². The van der Waals surface area contributed by atoms with Gasteiger partial charge in [-0.25, -0.2) is 4.98 Å². The van der Waals surface area contributed by atoms with Crippen LogP contribution < -0.4 is 5.56 Å². The Bertz CT molecular complexity index is 1200. The fourth-order valence-electron chi connectivity index (χ4n) is 5.66. The summed E-state index contributed by atoms with van der Waals surface area (Å²) in [4.78, 5) is 35.4. The number of para-hydroxylation sites is 1. The molecule has 1 amide bonds. The van der Waals surface area contributed by atoms with Gasteiger partial charge in [-0.15, -0.1) is 0 Å². The number of rotatable bonds is 7. The van der Waals surface area contributed by atoms with Crippen LogP contribution in [0.3, 0.4) is 0 Å². The molecule has 206 valence electrons. The van der Waals surface area contributed by atoms with Crippen LogP contribution in [0.25, 0.3) is 5.69 Å². The van der Waals surface area contributed by atoms with Gasteiger partial charge in [0.2, 0.25) is 5.91 Å². The Morgan fingerprint density at radius 1 is 1.13 bits per heavy atom. The predicted octanol–water partition coefficient (Wildman–Crippen LogP) is 5.20. The van der Waals surface area contributed by atoms with Crippen molar-refractivity contribution in [1.29, 1.82) is 0 Å². The number of thioether (sulfide) groups is 1. The molecule has 0 bridgehead atoms. The lowest BCUT2D eigenvalue weighted by molar-refractivity contribution is -0.186. The van der Waals surface area contributed by atoms with Crippen LogP contribution in [0.2, 0.25) is 0 Å². The molecule has 2 aliphatic carbocycles. The van der Waals surface area contributed by atoms with Gasteiger partial charge in [0.15, 0.2) is 5.16 Å². The smallest absolute Gasteiger partial charge is 0.338 e. The van der Waals surface area contributed by atoms with Crippen LogP contribution in [0, 0.1) is 5.92 Å². The van der Waals surface area contributed by atoms with Crippen LogP contribution in [0.15, 0.2) is 40.3 Å². The van der Waals surface area contributed by atoms with Crippen molar-refractivity contribution in [1.82, 2.24) is 19.4 Å². The van der Waals surface area contributed by atoms with E-state index in [1.165, 1.54) is 6.42 Å². The first-order valence-electron chi connectivity index (χ1n) is 13.6. The summed E-state index contributed by atoms with van der Waals surface area (Å²) in [6, 6.07) is 9.34. The van der Waals surface area contributed by atoms with Crippen molar-refractivity contribution in [2.45, 2.75) is 87.0 Å². The molecule has 2 unspecified atom stereocenters. The van der Waals surface area contributed by atoms with E-state index in [-0.39, 0.29) is 43.3 Å². The normalized spacial score (nSPS) is 22.3. The monoisotopic (exact) mass is 548 g/mol. The number of carbonyl (C=O) groups excluding carboxylic acids is 1. The second kappa shape index (κ2) is 11.4. The number of fused-ring (bicyclic) bond motifs is 1. The molecule has 2 saturated carbocycles. The highest BCUT2D eigenvalue weighted by molar-refractivity contribution is 7.99.